The van der Waals surface area contributed by atoms with Gasteiger partial charge in [0.15, 0.2) is 0 Å². The molecule has 1 N–H and O–H groups in total. The maximum Gasteiger partial charge on any atom is 0.206 e. The SMILES string of the molecule is Cc1ccc(S(=O)(=O)c2ccc(S(=O)(=O)c3ccc(-c4ccc(O)cc4)cc3)cc2)cc1. The van der Waals surface area contributed by atoms with Gasteiger partial charge >= 0.3 is 0 Å². The van der Waals surface area contributed by atoms with Crippen molar-refractivity contribution in [1.29, 1.82) is 0 Å². The van der Waals surface area contributed by atoms with E-state index < -0.39 is 19.7 Å². The van der Waals surface area contributed by atoms with E-state index in [-0.39, 0.29) is 25.3 Å². The Labute approximate surface area is 187 Å². The molecule has 0 bridgehead atoms. The number of aromatic hydroxyl groups is 1. The number of benzene rings is 4. The van der Waals surface area contributed by atoms with Crippen LogP contribution >= 0.6 is 0 Å². The number of sulfone groups is 2. The van der Waals surface area contributed by atoms with Gasteiger partial charge in [0.25, 0.3) is 0 Å². The average Bonchev–Trinajstić information content (AvgIpc) is 2.80. The largest absolute Gasteiger partial charge is 0.508 e. The van der Waals surface area contributed by atoms with E-state index in [0.29, 0.717) is 0 Å². The highest BCUT2D eigenvalue weighted by Gasteiger charge is 2.21. The minimum Gasteiger partial charge on any atom is -0.508 e. The smallest absolute Gasteiger partial charge is 0.206 e. The van der Waals surface area contributed by atoms with Crippen molar-refractivity contribution in [3.8, 4) is 16.9 Å². The molecular weight excluding hydrogens is 444 g/mol. The molecule has 0 saturated carbocycles. The van der Waals surface area contributed by atoms with Gasteiger partial charge in [-0.15, -0.1) is 0 Å². The van der Waals surface area contributed by atoms with E-state index in [1.807, 2.05) is 6.92 Å². The van der Waals surface area contributed by atoms with E-state index in [4.69, 9.17) is 0 Å². The van der Waals surface area contributed by atoms with Crippen LogP contribution in [0.3, 0.4) is 0 Å². The van der Waals surface area contributed by atoms with Crippen LogP contribution in [0.2, 0.25) is 0 Å². The van der Waals surface area contributed by atoms with Gasteiger partial charge in [-0.3, -0.25) is 0 Å². The van der Waals surface area contributed by atoms with Crippen LogP contribution in [0.1, 0.15) is 5.56 Å². The Bertz CT molecular complexity index is 1450. The lowest BCUT2D eigenvalue weighted by molar-refractivity contribution is 0.475. The van der Waals surface area contributed by atoms with Crippen molar-refractivity contribution >= 4 is 19.7 Å². The molecule has 0 saturated heterocycles. The zero-order valence-corrected chi connectivity index (χ0v) is 18.8. The third kappa shape index (κ3) is 4.17. The highest BCUT2D eigenvalue weighted by atomic mass is 32.2. The predicted octanol–water partition coefficient (Wildman–Crippen LogP) is 5.03. The van der Waals surface area contributed by atoms with Crippen molar-refractivity contribution in [2.75, 3.05) is 0 Å². The van der Waals surface area contributed by atoms with E-state index in [9.17, 15) is 21.9 Å². The van der Waals surface area contributed by atoms with Gasteiger partial charge in [-0.2, -0.15) is 0 Å². The fourth-order valence-electron chi connectivity index (χ4n) is 3.27. The molecule has 0 aliphatic rings. The van der Waals surface area contributed by atoms with E-state index in [1.165, 1.54) is 48.5 Å². The number of aryl methyl sites for hydroxylation is 1. The van der Waals surface area contributed by atoms with Crippen molar-refractivity contribution < 1.29 is 21.9 Å². The second kappa shape index (κ2) is 8.26. The minimum atomic E-state index is -3.81. The molecule has 0 aliphatic heterocycles. The summed E-state index contributed by atoms with van der Waals surface area (Å²) in [5.41, 5.74) is 2.60. The van der Waals surface area contributed by atoms with Crippen LogP contribution in [-0.2, 0) is 19.7 Å². The summed E-state index contributed by atoms with van der Waals surface area (Å²) in [5, 5.41) is 9.41. The average molecular weight is 465 g/mol. The van der Waals surface area contributed by atoms with E-state index in [0.717, 1.165) is 16.7 Å². The summed E-state index contributed by atoms with van der Waals surface area (Å²) in [4.78, 5) is 0.304. The fourth-order valence-corrected chi connectivity index (χ4v) is 5.79. The maximum atomic E-state index is 13.0. The molecule has 7 heteroatoms. The van der Waals surface area contributed by atoms with Gasteiger partial charge in [0.05, 0.1) is 19.6 Å². The Morgan fingerprint density at radius 1 is 0.469 bits per heavy atom. The molecule has 0 fully saturated rings. The second-order valence-corrected chi connectivity index (χ2v) is 11.3. The quantitative estimate of drug-likeness (QED) is 0.447. The number of hydrogen-bond donors (Lipinski definition) is 1. The summed E-state index contributed by atoms with van der Waals surface area (Å²) in [6.07, 6.45) is 0. The lowest BCUT2D eigenvalue weighted by Crippen LogP contribution is -2.05. The first kappa shape index (κ1) is 21.8. The maximum absolute atomic E-state index is 13.0. The zero-order chi connectivity index (χ0) is 22.9. The Balaban J connectivity index is 1.62. The standard InChI is InChI=1S/C25H20O5S2/c1-18-2-10-22(11-3-18)31(27,28)24-14-16-25(17-15-24)32(29,30)23-12-6-20(7-13-23)19-4-8-21(26)9-5-19/h2-17,26H,1H3. The van der Waals surface area contributed by atoms with Crippen LogP contribution in [0, 0.1) is 6.92 Å². The molecule has 32 heavy (non-hydrogen) atoms. The predicted molar refractivity (Wildman–Crippen MR) is 122 cm³/mol. The van der Waals surface area contributed by atoms with Crippen molar-refractivity contribution in [3.05, 3.63) is 103 Å². The highest BCUT2D eigenvalue weighted by Crippen LogP contribution is 2.28. The molecule has 0 unspecified atom stereocenters. The summed E-state index contributed by atoms with van der Waals surface area (Å²) in [7, 11) is -7.55. The molecule has 0 aliphatic carbocycles. The molecule has 0 atom stereocenters. The topological polar surface area (TPSA) is 88.5 Å². The van der Waals surface area contributed by atoms with Gasteiger partial charge in [-0.1, -0.05) is 42.0 Å². The molecular formula is C25H20O5S2. The first-order chi connectivity index (χ1) is 15.2. The van der Waals surface area contributed by atoms with Gasteiger partial charge < -0.3 is 5.11 Å². The van der Waals surface area contributed by atoms with Gasteiger partial charge in [0.1, 0.15) is 5.75 Å². The third-order valence-corrected chi connectivity index (χ3v) is 8.71. The van der Waals surface area contributed by atoms with Crippen LogP contribution in [-0.4, -0.2) is 21.9 Å². The molecule has 4 aromatic rings. The van der Waals surface area contributed by atoms with Crippen LogP contribution in [0.15, 0.2) is 117 Å². The Morgan fingerprint density at radius 3 is 1.12 bits per heavy atom. The summed E-state index contributed by atoms with van der Waals surface area (Å²) >= 11 is 0. The van der Waals surface area contributed by atoms with Crippen LogP contribution in [0.25, 0.3) is 11.1 Å². The summed E-state index contributed by atoms with van der Waals surface area (Å²) in [6, 6.07) is 24.7. The first-order valence-electron chi connectivity index (χ1n) is 9.74. The van der Waals surface area contributed by atoms with Gasteiger partial charge in [-0.05, 0) is 78.7 Å². The van der Waals surface area contributed by atoms with Crippen LogP contribution < -0.4 is 0 Å². The highest BCUT2D eigenvalue weighted by molar-refractivity contribution is 7.92. The molecule has 0 aromatic heterocycles. The van der Waals surface area contributed by atoms with Crippen molar-refractivity contribution in [1.82, 2.24) is 0 Å². The molecule has 5 nitrogen and oxygen atoms in total. The molecule has 0 radical (unpaired) electrons. The number of rotatable bonds is 5. The number of phenolic OH excluding ortho intramolecular Hbond substituents is 1. The summed E-state index contributed by atoms with van der Waals surface area (Å²) < 4.78 is 51.6. The monoisotopic (exact) mass is 464 g/mol. The number of hydrogen-bond acceptors (Lipinski definition) is 5. The third-order valence-electron chi connectivity index (χ3n) is 5.14. The van der Waals surface area contributed by atoms with E-state index in [1.54, 1.807) is 48.5 Å². The lowest BCUT2D eigenvalue weighted by atomic mass is 10.1. The van der Waals surface area contributed by atoms with E-state index in [2.05, 4.69) is 0 Å². The summed E-state index contributed by atoms with van der Waals surface area (Å²) in [5.74, 6) is 0.154. The van der Waals surface area contributed by atoms with Crippen molar-refractivity contribution in [3.63, 3.8) is 0 Å². The van der Waals surface area contributed by atoms with Gasteiger partial charge in [0.2, 0.25) is 19.7 Å². The Morgan fingerprint density at radius 2 is 0.750 bits per heavy atom. The first-order valence-corrected chi connectivity index (χ1v) is 12.7. The zero-order valence-electron chi connectivity index (χ0n) is 17.1. The molecule has 0 spiro atoms. The van der Waals surface area contributed by atoms with Crippen LogP contribution in [0.4, 0.5) is 0 Å². The van der Waals surface area contributed by atoms with E-state index >= 15 is 0 Å². The minimum absolute atomic E-state index is 0.0118. The Kier molecular flexibility index (Phi) is 5.62. The normalized spacial score (nSPS) is 11.9. The van der Waals surface area contributed by atoms with Gasteiger partial charge in [-0.25, -0.2) is 16.8 Å². The molecule has 4 aromatic carbocycles. The van der Waals surface area contributed by atoms with Crippen molar-refractivity contribution in [2.24, 2.45) is 0 Å². The number of phenols is 1. The second-order valence-electron chi connectivity index (χ2n) is 7.36. The van der Waals surface area contributed by atoms with Crippen LogP contribution in [0.5, 0.6) is 5.75 Å². The Hall–Kier alpha value is -3.42. The molecule has 4 rings (SSSR count). The molecule has 0 heterocycles. The van der Waals surface area contributed by atoms with Crippen molar-refractivity contribution in [2.45, 2.75) is 26.5 Å². The summed E-state index contributed by atoms with van der Waals surface area (Å²) in [6.45, 7) is 1.87. The lowest BCUT2D eigenvalue weighted by Gasteiger charge is -2.09. The molecule has 162 valence electrons. The van der Waals surface area contributed by atoms with Gasteiger partial charge in [0, 0.05) is 0 Å². The fraction of sp³-hybridized carbons (Fsp3) is 0.0400. The molecule has 0 amide bonds.